The zero-order valence-electron chi connectivity index (χ0n) is 14.4. The van der Waals surface area contributed by atoms with Gasteiger partial charge < -0.3 is 15.2 Å². The molecule has 1 aromatic carbocycles. The highest BCUT2D eigenvalue weighted by molar-refractivity contribution is 7.92. The van der Waals surface area contributed by atoms with Crippen molar-refractivity contribution in [2.24, 2.45) is 0 Å². The van der Waals surface area contributed by atoms with Gasteiger partial charge in [-0.2, -0.15) is 0 Å². The van der Waals surface area contributed by atoms with Crippen LogP contribution in [0.15, 0.2) is 28.8 Å². The normalized spacial score (nSPS) is 11.2. The van der Waals surface area contributed by atoms with Crippen LogP contribution in [0.3, 0.4) is 0 Å². The van der Waals surface area contributed by atoms with Crippen LogP contribution < -0.4 is 15.4 Å². The van der Waals surface area contributed by atoms with E-state index in [1.54, 1.807) is 24.3 Å². The summed E-state index contributed by atoms with van der Waals surface area (Å²) < 4.78 is 29.9. The van der Waals surface area contributed by atoms with Crippen LogP contribution in [0.5, 0.6) is 0 Å². The molecule has 0 bridgehead atoms. The third-order valence-electron chi connectivity index (χ3n) is 3.49. The molecule has 0 unspecified atom stereocenters. The molecule has 0 saturated heterocycles. The van der Waals surface area contributed by atoms with Crippen molar-refractivity contribution in [1.29, 1.82) is 0 Å². The number of rotatable bonds is 7. The first-order valence-corrected chi connectivity index (χ1v) is 9.68. The minimum atomic E-state index is -3.36. The molecule has 1 aromatic heterocycles. The van der Waals surface area contributed by atoms with E-state index in [0.29, 0.717) is 17.9 Å². The Bertz CT molecular complexity index is 826. The van der Waals surface area contributed by atoms with Crippen LogP contribution in [0.25, 0.3) is 0 Å². The maximum atomic E-state index is 11.9. The lowest BCUT2D eigenvalue weighted by Crippen LogP contribution is -2.29. The lowest BCUT2D eigenvalue weighted by molar-refractivity contribution is 0.252. The Morgan fingerprint density at radius 1 is 1.24 bits per heavy atom. The predicted octanol–water partition coefficient (Wildman–Crippen LogP) is 2.42. The highest BCUT2D eigenvalue weighted by atomic mass is 32.2. The molecule has 9 heteroatoms. The number of hydrogen-bond acceptors (Lipinski definition) is 5. The largest absolute Gasteiger partial charge is 0.361 e. The average molecular weight is 366 g/mol. The Labute approximate surface area is 147 Å². The summed E-state index contributed by atoms with van der Waals surface area (Å²) in [4.78, 5) is 11.9. The van der Waals surface area contributed by atoms with Crippen molar-refractivity contribution in [2.45, 2.75) is 26.7 Å². The fraction of sp³-hybridized carbons (Fsp3) is 0.375. The van der Waals surface area contributed by atoms with E-state index in [1.165, 1.54) is 0 Å². The molecule has 0 atom stereocenters. The maximum absolute atomic E-state index is 11.9. The molecule has 1 heterocycles. The van der Waals surface area contributed by atoms with Gasteiger partial charge in [-0.25, -0.2) is 13.2 Å². The Balaban J connectivity index is 1.79. The number of sulfonamides is 1. The van der Waals surface area contributed by atoms with E-state index in [9.17, 15) is 13.2 Å². The Morgan fingerprint density at radius 3 is 2.60 bits per heavy atom. The van der Waals surface area contributed by atoms with Crippen LogP contribution >= 0.6 is 0 Å². The fourth-order valence-electron chi connectivity index (χ4n) is 2.38. The summed E-state index contributed by atoms with van der Waals surface area (Å²) in [5.74, 6) is 0.803. The van der Waals surface area contributed by atoms with E-state index in [4.69, 9.17) is 4.52 Å². The number of benzene rings is 1. The van der Waals surface area contributed by atoms with Gasteiger partial charge in [0.1, 0.15) is 5.76 Å². The first-order valence-electron chi connectivity index (χ1n) is 7.79. The standard InChI is InChI=1S/C16H22N4O4S/c1-11-15(12(2)24-19-11)8-5-9-17-16(21)18-13-6-4-7-14(10-13)20-25(3,22)23/h4,6-7,10,20H,5,8-9H2,1-3H3,(H2,17,18,21). The van der Waals surface area contributed by atoms with Gasteiger partial charge in [0.15, 0.2) is 0 Å². The molecule has 136 valence electrons. The van der Waals surface area contributed by atoms with E-state index in [1.807, 2.05) is 13.8 Å². The van der Waals surface area contributed by atoms with E-state index in [-0.39, 0.29) is 6.03 Å². The Morgan fingerprint density at radius 2 is 1.96 bits per heavy atom. The van der Waals surface area contributed by atoms with E-state index < -0.39 is 10.0 Å². The van der Waals surface area contributed by atoms with E-state index in [0.717, 1.165) is 36.1 Å². The topological polar surface area (TPSA) is 113 Å². The molecular formula is C16H22N4O4S. The Kier molecular flexibility index (Phi) is 6.02. The number of urea groups is 1. The van der Waals surface area contributed by atoms with Crippen LogP contribution in [-0.2, 0) is 16.4 Å². The van der Waals surface area contributed by atoms with Gasteiger partial charge in [-0.3, -0.25) is 4.72 Å². The fourth-order valence-corrected chi connectivity index (χ4v) is 2.93. The van der Waals surface area contributed by atoms with Gasteiger partial charge in [0, 0.05) is 17.8 Å². The lowest BCUT2D eigenvalue weighted by Gasteiger charge is -2.09. The van der Waals surface area contributed by atoms with Crippen molar-refractivity contribution in [3.05, 3.63) is 41.3 Å². The molecule has 0 fully saturated rings. The van der Waals surface area contributed by atoms with Gasteiger partial charge in [-0.1, -0.05) is 11.2 Å². The number of aromatic nitrogens is 1. The summed E-state index contributed by atoms with van der Waals surface area (Å²) in [5, 5.41) is 9.33. The first-order chi connectivity index (χ1) is 11.7. The number of anilines is 2. The predicted molar refractivity (Wildman–Crippen MR) is 96.2 cm³/mol. The van der Waals surface area contributed by atoms with Crippen molar-refractivity contribution in [1.82, 2.24) is 10.5 Å². The number of hydrogen-bond donors (Lipinski definition) is 3. The SMILES string of the molecule is Cc1noc(C)c1CCCNC(=O)Nc1cccc(NS(C)(=O)=O)c1. The van der Waals surface area contributed by atoms with Crippen LogP contribution in [0, 0.1) is 13.8 Å². The summed E-state index contributed by atoms with van der Waals surface area (Å²) in [5.41, 5.74) is 2.83. The maximum Gasteiger partial charge on any atom is 0.319 e. The number of carbonyl (C=O) groups is 1. The number of carbonyl (C=O) groups excluding carboxylic acids is 1. The van der Waals surface area contributed by atoms with Crippen LogP contribution in [-0.4, -0.2) is 32.4 Å². The van der Waals surface area contributed by atoms with Crippen molar-refractivity contribution < 1.29 is 17.7 Å². The third kappa shape index (κ3) is 6.11. The second-order valence-electron chi connectivity index (χ2n) is 5.74. The lowest BCUT2D eigenvalue weighted by atomic mass is 10.1. The van der Waals surface area contributed by atoms with Crippen molar-refractivity contribution in [2.75, 3.05) is 22.8 Å². The smallest absolute Gasteiger partial charge is 0.319 e. The van der Waals surface area contributed by atoms with Crippen molar-refractivity contribution in [3.63, 3.8) is 0 Å². The van der Waals surface area contributed by atoms with Gasteiger partial charge in [0.05, 0.1) is 17.6 Å². The van der Waals surface area contributed by atoms with Crippen LogP contribution in [0.4, 0.5) is 16.2 Å². The highest BCUT2D eigenvalue weighted by Gasteiger charge is 2.09. The molecule has 0 radical (unpaired) electrons. The van der Waals surface area contributed by atoms with Crippen molar-refractivity contribution in [3.8, 4) is 0 Å². The minimum Gasteiger partial charge on any atom is -0.361 e. The summed E-state index contributed by atoms with van der Waals surface area (Å²) >= 11 is 0. The Hall–Kier alpha value is -2.55. The molecule has 0 aliphatic rings. The van der Waals surface area contributed by atoms with Crippen LogP contribution in [0.1, 0.15) is 23.4 Å². The molecule has 2 rings (SSSR count). The quantitative estimate of drug-likeness (QED) is 0.651. The molecule has 25 heavy (non-hydrogen) atoms. The molecule has 0 spiro atoms. The molecule has 0 aliphatic heterocycles. The molecule has 8 nitrogen and oxygen atoms in total. The number of amides is 2. The zero-order chi connectivity index (χ0) is 18.4. The highest BCUT2D eigenvalue weighted by Crippen LogP contribution is 2.16. The molecule has 0 saturated carbocycles. The molecule has 3 N–H and O–H groups in total. The van der Waals surface area contributed by atoms with Crippen LogP contribution in [0.2, 0.25) is 0 Å². The molecule has 0 aliphatic carbocycles. The second-order valence-corrected chi connectivity index (χ2v) is 7.49. The number of aryl methyl sites for hydroxylation is 2. The van der Waals surface area contributed by atoms with Crippen molar-refractivity contribution >= 4 is 27.4 Å². The number of nitrogens with zero attached hydrogens (tertiary/aromatic N) is 1. The van der Waals surface area contributed by atoms with Gasteiger partial charge in [0.2, 0.25) is 10.0 Å². The summed E-state index contributed by atoms with van der Waals surface area (Å²) in [6.07, 6.45) is 2.60. The zero-order valence-corrected chi connectivity index (χ0v) is 15.2. The summed E-state index contributed by atoms with van der Waals surface area (Å²) in [6.45, 7) is 4.26. The first kappa shape index (κ1) is 18.8. The monoisotopic (exact) mass is 366 g/mol. The van der Waals surface area contributed by atoms with E-state index in [2.05, 4.69) is 20.5 Å². The summed E-state index contributed by atoms with van der Waals surface area (Å²) in [6, 6.07) is 6.13. The van der Waals surface area contributed by atoms with Gasteiger partial charge in [-0.05, 0) is 44.9 Å². The second kappa shape index (κ2) is 8.02. The van der Waals surface area contributed by atoms with Gasteiger partial charge >= 0.3 is 6.03 Å². The molecule has 2 amide bonds. The minimum absolute atomic E-state index is 0.352. The molecule has 2 aromatic rings. The number of nitrogens with one attached hydrogen (secondary N) is 3. The summed E-state index contributed by atoms with van der Waals surface area (Å²) in [7, 11) is -3.36. The van der Waals surface area contributed by atoms with Gasteiger partial charge in [0.25, 0.3) is 0 Å². The average Bonchev–Trinajstić information content (AvgIpc) is 2.81. The van der Waals surface area contributed by atoms with Gasteiger partial charge in [-0.15, -0.1) is 0 Å². The third-order valence-corrected chi connectivity index (χ3v) is 4.10. The van der Waals surface area contributed by atoms with E-state index >= 15 is 0 Å². The molecular weight excluding hydrogens is 344 g/mol.